The van der Waals surface area contributed by atoms with Crippen molar-refractivity contribution in [3.63, 3.8) is 0 Å². The second-order valence-electron chi connectivity index (χ2n) is 5.32. The second-order valence-corrected chi connectivity index (χ2v) is 5.32. The highest BCUT2D eigenvalue weighted by atomic mass is 16.5. The topological polar surface area (TPSA) is 50.7 Å². The largest absolute Gasteiger partial charge is 0.494 e. The van der Waals surface area contributed by atoms with Gasteiger partial charge < -0.3 is 19.9 Å². The van der Waals surface area contributed by atoms with E-state index in [9.17, 15) is 5.11 Å². The highest BCUT2D eigenvalue weighted by Crippen LogP contribution is 2.16. The first-order valence-corrected chi connectivity index (χ1v) is 7.20. The fourth-order valence-corrected chi connectivity index (χ4v) is 1.94. The lowest BCUT2D eigenvalue weighted by atomic mass is 9.99. The molecule has 1 atom stereocenters. The molecule has 0 aliphatic heterocycles. The average Bonchev–Trinajstić information content (AvgIpc) is 2.46. The van der Waals surface area contributed by atoms with Gasteiger partial charge >= 0.3 is 0 Å². The molecule has 0 aliphatic carbocycles. The van der Waals surface area contributed by atoms with Crippen LogP contribution < -0.4 is 10.1 Å². The van der Waals surface area contributed by atoms with E-state index in [1.165, 1.54) is 0 Å². The summed E-state index contributed by atoms with van der Waals surface area (Å²) in [6.45, 7) is 6.31. The molecule has 4 nitrogen and oxygen atoms in total. The third-order valence-corrected chi connectivity index (χ3v) is 3.28. The van der Waals surface area contributed by atoms with Crippen molar-refractivity contribution in [3.05, 3.63) is 29.8 Å². The molecule has 2 N–H and O–H groups in total. The van der Waals surface area contributed by atoms with Crippen LogP contribution in [0.4, 0.5) is 0 Å². The summed E-state index contributed by atoms with van der Waals surface area (Å²) in [4.78, 5) is 0. The van der Waals surface area contributed by atoms with E-state index in [1.807, 2.05) is 31.2 Å². The molecule has 0 aliphatic rings. The van der Waals surface area contributed by atoms with Crippen molar-refractivity contribution in [3.8, 4) is 5.75 Å². The van der Waals surface area contributed by atoms with Gasteiger partial charge in [0.2, 0.25) is 0 Å². The lowest BCUT2D eigenvalue weighted by molar-refractivity contribution is 0.144. The number of methoxy groups -OCH3 is 1. The van der Waals surface area contributed by atoms with Gasteiger partial charge in [-0.25, -0.2) is 0 Å². The van der Waals surface area contributed by atoms with E-state index in [2.05, 4.69) is 12.2 Å². The fraction of sp³-hybridized carbons (Fsp3) is 0.625. The molecule has 20 heavy (non-hydrogen) atoms. The van der Waals surface area contributed by atoms with Crippen LogP contribution in [0, 0.1) is 0 Å². The maximum Gasteiger partial charge on any atom is 0.119 e. The molecule has 114 valence electrons. The van der Waals surface area contributed by atoms with Crippen molar-refractivity contribution in [2.24, 2.45) is 0 Å². The molecule has 4 heteroatoms. The van der Waals surface area contributed by atoms with Crippen LogP contribution in [-0.2, 0) is 11.3 Å². The van der Waals surface area contributed by atoms with Gasteiger partial charge in [0.25, 0.3) is 0 Å². The van der Waals surface area contributed by atoms with E-state index < -0.39 is 0 Å². The Morgan fingerprint density at radius 2 is 2.15 bits per heavy atom. The van der Waals surface area contributed by atoms with Crippen LogP contribution >= 0.6 is 0 Å². The second kappa shape index (κ2) is 8.95. The van der Waals surface area contributed by atoms with Crippen LogP contribution in [0.3, 0.4) is 0 Å². The third-order valence-electron chi connectivity index (χ3n) is 3.28. The SMILES string of the molecule is CCCNC(C)(CO)CCOc1cccc(COC)c1. The van der Waals surface area contributed by atoms with Crippen molar-refractivity contribution in [1.82, 2.24) is 5.32 Å². The van der Waals surface area contributed by atoms with E-state index in [-0.39, 0.29) is 12.1 Å². The van der Waals surface area contributed by atoms with E-state index in [0.29, 0.717) is 13.2 Å². The number of ether oxygens (including phenoxy) is 2. The maximum atomic E-state index is 9.49. The standard InChI is InChI=1S/C16H27NO3/c1-4-9-17-16(2,13-18)8-10-20-15-7-5-6-14(11-15)12-19-3/h5-7,11,17-18H,4,8-10,12-13H2,1-3H3. The Bertz CT molecular complexity index is 384. The van der Waals surface area contributed by atoms with Gasteiger partial charge in [0.1, 0.15) is 5.75 Å². The Labute approximate surface area is 122 Å². The predicted octanol–water partition coefficient (Wildman–Crippen LogP) is 2.35. The van der Waals surface area contributed by atoms with E-state index in [1.54, 1.807) is 7.11 Å². The summed E-state index contributed by atoms with van der Waals surface area (Å²) in [5, 5.41) is 12.9. The van der Waals surface area contributed by atoms with Crippen LogP contribution in [0.1, 0.15) is 32.3 Å². The minimum atomic E-state index is -0.278. The first-order valence-electron chi connectivity index (χ1n) is 7.20. The molecule has 0 radical (unpaired) electrons. The summed E-state index contributed by atoms with van der Waals surface area (Å²) in [6.07, 6.45) is 1.81. The van der Waals surface area contributed by atoms with Crippen molar-refractivity contribution in [2.75, 3.05) is 26.9 Å². The summed E-state index contributed by atoms with van der Waals surface area (Å²) in [5.74, 6) is 0.843. The van der Waals surface area contributed by atoms with E-state index in [0.717, 1.165) is 30.7 Å². The van der Waals surface area contributed by atoms with Gasteiger partial charge in [-0.05, 0) is 37.6 Å². The zero-order valence-electron chi connectivity index (χ0n) is 12.8. The fourth-order valence-electron chi connectivity index (χ4n) is 1.94. The third kappa shape index (κ3) is 5.90. The van der Waals surface area contributed by atoms with Gasteiger partial charge in [-0.15, -0.1) is 0 Å². The number of nitrogens with one attached hydrogen (secondary N) is 1. The van der Waals surface area contributed by atoms with E-state index >= 15 is 0 Å². The lowest BCUT2D eigenvalue weighted by Crippen LogP contribution is -2.47. The highest BCUT2D eigenvalue weighted by Gasteiger charge is 2.21. The number of hydrogen-bond acceptors (Lipinski definition) is 4. The molecule has 0 saturated heterocycles. The van der Waals surface area contributed by atoms with Crippen molar-refractivity contribution >= 4 is 0 Å². The quantitative estimate of drug-likeness (QED) is 0.691. The number of rotatable bonds is 10. The molecule has 1 rings (SSSR count). The molecule has 0 bridgehead atoms. The molecule has 0 saturated carbocycles. The summed E-state index contributed by atoms with van der Waals surface area (Å²) in [7, 11) is 1.68. The molecule has 0 amide bonds. The van der Waals surface area contributed by atoms with Crippen LogP contribution in [0.15, 0.2) is 24.3 Å². The summed E-state index contributed by atoms with van der Waals surface area (Å²) >= 11 is 0. The summed E-state index contributed by atoms with van der Waals surface area (Å²) in [6, 6.07) is 7.90. The smallest absolute Gasteiger partial charge is 0.119 e. The molecule has 1 unspecified atom stereocenters. The van der Waals surface area contributed by atoms with Crippen molar-refractivity contribution in [2.45, 2.75) is 38.8 Å². The van der Waals surface area contributed by atoms with Gasteiger partial charge in [0.05, 0.1) is 19.8 Å². The Hall–Kier alpha value is -1.10. The van der Waals surface area contributed by atoms with Crippen molar-refractivity contribution in [1.29, 1.82) is 0 Å². The summed E-state index contributed by atoms with van der Waals surface area (Å²) < 4.78 is 10.9. The zero-order chi connectivity index (χ0) is 14.8. The Morgan fingerprint density at radius 1 is 1.35 bits per heavy atom. The van der Waals surface area contributed by atoms with Crippen LogP contribution in [0.5, 0.6) is 5.75 Å². The molecule has 1 aromatic carbocycles. The van der Waals surface area contributed by atoms with Crippen LogP contribution in [0.2, 0.25) is 0 Å². The molecule has 0 aromatic heterocycles. The minimum absolute atomic E-state index is 0.111. The summed E-state index contributed by atoms with van der Waals surface area (Å²) in [5.41, 5.74) is 0.819. The number of aliphatic hydroxyl groups excluding tert-OH is 1. The lowest BCUT2D eigenvalue weighted by Gasteiger charge is -2.28. The molecule has 0 spiro atoms. The van der Waals surface area contributed by atoms with Crippen LogP contribution in [0.25, 0.3) is 0 Å². The van der Waals surface area contributed by atoms with Gasteiger partial charge in [0, 0.05) is 19.1 Å². The van der Waals surface area contributed by atoms with Gasteiger partial charge in [-0.2, -0.15) is 0 Å². The first-order chi connectivity index (χ1) is 9.63. The average molecular weight is 281 g/mol. The van der Waals surface area contributed by atoms with Gasteiger partial charge in [-0.1, -0.05) is 19.1 Å². The minimum Gasteiger partial charge on any atom is -0.494 e. The van der Waals surface area contributed by atoms with E-state index in [4.69, 9.17) is 9.47 Å². The van der Waals surface area contributed by atoms with Crippen LogP contribution in [-0.4, -0.2) is 37.5 Å². The molecule has 0 fully saturated rings. The Balaban J connectivity index is 2.44. The van der Waals surface area contributed by atoms with Crippen molar-refractivity contribution < 1.29 is 14.6 Å². The number of hydrogen-bond donors (Lipinski definition) is 2. The van der Waals surface area contributed by atoms with Gasteiger partial charge in [-0.3, -0.25) is 0 Å². The maximum absolute atomic E-state index is 9.49. The monoisotopic (exact) mass is 281 g/mol. The molecule has 0 heterocycles. The molecular weight excluding hydrogens is 254 g/mol. The molecule has 1 aromatic rings. The van der Waals surface area contributed by atoms with Gasteiger partial charge in [0.15, 0.2) is 0 Å². The Morgan fingerprint density at radius 3 is 2.80 bits per heavy atom. The number of aliphatic hydroxyl groups is 1. The normalized spacial score (nSPS) is 14.0. The predicted molar refractivity (Wildman–Crippen MR) is 81.1 cm³/mol. The number of benzene rings is 1. The highest BCUT2D eigenvalue weighted by molar-refractivity contribution is 5.28. The first kappa shape index (κ1) is 17.0. The zero-order valence-corrected chi connectivity index (χ0v) is 12.8. The Kier molecular flexibility index (Phi) is 7.59. The molecular formula is C16H27NO3.